The van der Waals surface area contributed by atoms with Gasteiger partial charge in [0.2, 0.25) is 10.0 Å². The maximum Gasteiger partial charge on any atom is 0.240 e. The summed E-state index contributed by atoms with van der Waals surface area (Å²) in [6.45, 7) is 6.88. The Hall–Kier alpha value is -1.07. The summed E-state index contributed by atoms with van der Waals surface area (Å²) in [4.78, 5) is 0.323. The number of rotatable bonds is 8. The average molecular weight is 284 g/mol. The van der Waals surface area contributed by atoms with Gasteiger partial charge in [0.1, 0.15) is 0 Å². The molecule has 1 rings (SSSR count). The summed E-state index contributed by atoms with van der Waals surface area (Å²) in [6, 6.07) is 6.87. The second-order valence-corrected chi connectivity index (χ2v) is 6.28. The van der Waals surface area contributed by atoms with Gasteiger partial charge in [0, 0.05) is 18.3 Å². The van der Waals surface area contributed by atoms with Gasteiger partial charge in [-0.1, -0.05) is 20.3 Å². The number of hydrogen-bond acceptors (Lipinski definition) is 3. The molecular weight excluding hydrogens is 260 g/mol. The van der Waals surface area contributed by atoms with Crippen LogP contribution in [-0.2, 0) is 10.0 Å². The molecule has 108 valence electrons. The van der Waals surface area contributed by atoms with Crippen LogP contribution in [0.1, 0.15) is 40.0 Å². The topological polar surface area (TPSA) is 58.2 Å². The van der Waals surface area contributed by atoms with E-state index in [1.165, 1.54) is 0 Å². The highest BCUT2D eigenvalue weighted by Crippen LogP contribution is 2.15. The molecule has 2 N–H and O–H groups in total. The molecule has 1 atom stereocenters. The van der Waals surface area contributed by atoms with Gasteiger partial charge in [0.15, 0.2) is 0 Å². The summed E-state index contributed by atoms with van der Waals surface area (Å²) in [5.74, 6) is 0. The Kier molecular flexibility index (Phi) is 6.31. The van der Waals surface area contributed by atoms with Crippen molar-refractivity contribution >= 4 is 15.7 Å². The van der Waals surface area contributed by atoms with Crippen LogP contribution < -0.4 is 10.0 Å². The third-order valence-electron chi connectivity index (χ3n) is 3.00. The Morgan fingerprint density at radius 3 is 2.21 bits per heavy atom. The molecule has 0 aromatic heterocycles. The lowest BCUT2D eigenvalue weighted by molar-refractivity contribution is 0.512. The molecule has 1 unspecified atom stereocenters. The summed E-state index contributed by atoms with van der Waals surface area (Å²) < 4.78 is 27.2. The van der Waals surface area contributed by atoms with Gasteiger partial charge < -0.3 is 5.32 Å². The van der Waals surface area contributed by atoms with Crippen molar-refractivity contribution < 1.29 is 8.42 Å². The van der Waals surface area contributed by atoms with Crippen LogP contribution in [0.3, 0.4) is 0 Å². The second kappa shape index (κ2) is 7.50. The number of anilines is 1. The Morgan fingerprint density at radius 2 is 1.74 bits per heavy atom. The van der Waals surface area contributed by atoms with Gasteiger partial charge in [0.05, 0.1) is 4.90 Å². The summed E-state index contributed by atoms with van der Waals surface area (Å²) in [5, 5.41) is 3.14. The maximum atomic E-state index is 12.2. The van der Waals surface area contributed by atoms with Gasteiger partial charge in [-0.3, -0.25) is 0 Å². The molecule has 0 saturated heterocycles. The van der Waals surface area contributed by atoms with E-state index in [1.54, 1.807) is 24.3 Å². The van der Waals surface area contributed by atoms with Crippen molar-refractivity contribution in [1.82, 2.24) is 4.72 Å². The predicted octanol–water partition coefficient (Wildman–Crippen LogP) is 2.98. The predicted molar refractivity (Wildman–Crippen MR) is 79.9 cm³/mol. The number of benzene rings is 1. The van der Waals surface area contributed by atoms with Crippen molar-refractivity contribution in [3.63, 3.8) is 0 Å². The maximum absolute atomic E-state index is 12.2. The second-order valence-electron chi connectivity index (χ2n) is 4.57. The molecule has 0 saturated carbocycles. The van der Waals surface area contributed by atoms with E-state index in [9.17, 15) is 8.42 Å². The van der Waals surface area contributed by atoms with E-state index < -0.39 is 10.0 Å². The zero-order valence-electron chi connectivity index (χ0n) is 11.9. The first kappa shape index (κ1) is 16.0. The van der Waals surface area contributed by atoms with Crippen molar-refractivity contribution in [2.45, 2.75) is 51.0 Å². The van der Waals surface area contributed by atoms with Crippen LogP contribution in [0.25, 0.3) is 0 Å². The first-order chi connectivity index (χ1) is 9.03. The molecule has 4 nitrogen and oxygen atoms in total. The standard InChI is InChI=1S/C14H24N2O2S/c1-4-7-12(5-2)16-19(17,18)14-10-8-13(9-11-14)15-6-3/h8-12,15-16H,4-7H2,1-3H3. The zero-order valence-corrected chi connectivity index (χ0v) is 12.8. The van der Waals surface area contributed by atoms with Gasteiger partial charge >= 0.3 is 0 Å². The molecular formula is C14H24N2O2S. The van der Waals surface area contributed by atoms with E-state index in [0.29, 0.717) is 4.90 Å². The number of sulfonamides is 1. The van der Waals surface area contributed by atoms with E-state index in [-0.39, 0.29) is 6.04 Å². The lowest BCUT2D eigenvalue weighted by Crippen LogP contribution is -2.34. The molecule has 5 heteroatoms. The highest BCUT2D eigenvalue weighted by Gasteiger charge is 2.18. The van der Waals surface area contributed by atoms with Crippen molar-refractivity contribution in [1.29, 1.82) is 0 Å². The van der Waals surface area contributed by atoms with Gasteiger partial charge in [0.25, 0.3) is 0 Å². The normalized spacial score (nSPS) is 13.2. The average Bonchev–Trinajstić information content (AvgIpc) is 2.39. The fourth-order valence-corrected chi connectivity index (χ4v) is 3.29. The van der Waals surface area contributed by atoms with Crippen LogP contribution in [-0.4, -0.2) is 21.0 Å². The highest BCUT2D eigenvalue weighted by atomic mass is 32.2. The summed E-state index contributed by atoms with van der Waals surface area (Å²) >= 11 is 0. The Labute approximate surface area is 116 Å². The highest BCUT2D eigenvalue weighted by molar-refractivity contribution is 7.89. The van der Waals surface area contributed by atoms with Crippen LogP contribution in [0.2, 0.25) is 0 Å². The minimum atomic E-state index is -3.40. The van der Waals surface area contributed by atoms with E-state index in [0.717, 1.165) is 31.5 Å². The third-order valence-corrected chi connectivity index (χ3v) is 4.53. The van der Waals surface area contributed by atoms with Crippen LogP contribution in [0.4, 0.5) is 5.69 Å². The first-order valence-corrected chi connectivity index (χ1v) is 8.38. The molecule has 1 aromatic rings. The number of hydrogen-bond donors (Lipinski definition) is 2. The summed E-state index contributed by atoms with van der Waals surface area (Å²) in [6.07, 6.45) is 2.65. The molecule has 1 aromatic carbocycles. The van der Waals surface area contributed by atoms with Gasteiger partial charge in [-0.2, -0.15) is 0 Å². The molecule has 0 aliphatic carbocycles. The molecule has 0 radical (unpaired) electrons. The Morgan fingerprint density at radius 1 is 1.11 bits per heavy atom. The molecule has 0 amide bonds. The summed E-state index contributed by atoms with van der Waals surface area (Å²) in [7, 11) is -3.40. The SMILES string of the molecule is CCCC(CC)NS(=O)(=O)c1ccc(NCC)cc1. The molecule has 0 fully saturated rings. The molecule has 0 aliphatic rings. The van der Waals surface area contributed by atoms with Crippen molar-refractivity contribution in [2.24, 2.45) is 0 Å². The monoisotopic (exact) mass is 284 g/mol. The lowest BCUT2D eigenvalue weighted by atomic mass is 10.1. The van der Waals surface area contributed by atoms with E-state index in [1.807, 2.05) is 13.8 Å². The minimum Gasteiger partial charge on any atom is -0.385 e. The molecule has 0 heterocycles. The molecule has 0 aliphatic heterocycles. The fourth-order valence-electron chi connectivity index (χ4n) is 1.94. The Balaban J connectivity index is 2.81. The largest absolute Gasteiger partial charge is 0.385 e. The van der Waals surface area contributed by atoms with Crippen LogP contribution in [0, 0.1) is 0 Å². The minimum absolute atomic E-state index is 0.0171. The van der Waals surface area contributed by atoms with Gasteiger partial charge in [-0.15, -0.1) is 0 Å². The Bertz CT molecular complexity index is 469. The van der Waals surface area contributed by atoms with E-state index in [2.05, 4.69) is 17.0 Å². The first-order valence-electron chi connectivity index (χ1n) is 6.89. The van der Waals surface area contributed by atoms with Crippen molar-refractivity contribution in [2.75, 3.05) is 11.9 Å². The number of nitrogens with one attached hydrogen (secondary N) is 2. The molecule has 0 spiro atoms. The van der Waals surface area contributed by atoms with Crippen LogP contribution in [0.5, 0.6) is 0 Å². The van der Waals surface area contributed by atoms with Crippen LogP contribution in [0.15, 0.2) is 29.2 Å². The van der Waals surface area contributed by atoms with Crippen molar-refractivity contribution in [3.05, 3.63) is 24.3 Å². The van der Waals surface area contributed by atoms with Crippen LogP contribution >= 0.6 is 0 Å². The quantitative estimate of drug-likeness (QED) is 0.771. The van der Waals surface area contributed by atoms with E-state index >= 15 is 0 Å². The zero-order chi connectivity index (χ0) is 14.3. The fraction of sp³-hybridized carbons (Fsp3) is 0.571. The smallest absolute Gasteiger partial charge is 0.240 e. The lowest BCUT2D eigenvalue weighted by Gasteiger charge is -2.16. The molecule has 19 heavy (non-hydrogen) atoms. The third kappa shape index (κ3) is 4.84. The molecule has 0 bridgehead atoms. The van der Waals surface area contributed by atoms with Gasteiger partial charge in [-0.25, -0.2) is 13.1 Å². The van der Waals surface area contributed by atoms with E-state index in [4.69, 9.17) is 0 Å². The summed E-state index contributed by atoms with van der Waals surface area (Å²) in [5.41, 5.74) is 0.932. The van der Waals surface area contributed by atoms with Gasteiger partial charge in [-0.05, 0) is 44.0 Å². The van der Waals surface area contributed by atoms with Crippen molar-refractivity contribution in [3.8, 4) is 0 Å².